The van der Waals surface area contributed by atoms with Crippen molar-refractivity contribution in [3.05, 3.63) is 57.3 Å². The van der Waals surface area contributed by atoms with Crippen LogP contribution in [0, 0.1) is 5.92 Å². The molecule has 0 fully saturated rings. The Morgan fingerprint density at radius 2 is 1.96 bits per heavy atom. The molecule has 28 heavy (non-hydrogen) atoms. The fourth-order valence-corrected chi connectivity index (χ4v) is 4.29. The third-order valence-corrected chi connectivity index (χ3v) is 6.17. The summed E-state index contributed by atoms with van der Waals surface area (Å²) in [6, 6.07) is 10.4. The standard InChI is InChI=1S/C21H24N2O4S/c1-3-14-9-10-17-16(11-14)12-18(28-17)21(26)27-13(2)19(24)22-23-20(25)15-7-5-4-6-8-15/h4-8,12-14H,3,9-11H2,1-2H3,(H,22,24)(H,23,25)/t13-,14-/m1/s1. The monoisotopic (exact) mass is 400 g/mol. The number of amides is 2. The van der Waals surface area contributed by atoms with E-state index >= 15 is 0 Å². The van der Waals surface area contributed by atoms with Gasteiger partial charge in [0, 0.05) is 10.4 Å². The molecule has 1 aromatic carbocycles. The zero-order valence-corrected chi connectivity index (χ0v) is 16.8. The summed E-state index contributed by atoms with van der Waals surface area (Å²) in [6.07, 6.45) is 3.26. The molecule has 0 aliphatic heterocycles. The predicted molar refractivity (Wildman–Crippen MR) is 107 cm³/mol. The summed E-state index contributed by atoms with van der Waals surface area (Å²) in [5, 5.41) is 0. The number of hydrogen-bond donors (Lipinski definition) is 2. The lowest BCUT2D eigenvalue weighted by molar-refractivity contribution is -0.129. The highest BCUT2D eigenvalue weighted by molar-refractivity contribution is 7.14. The van der Waals surface area contributed by atoms with Crippen LogP contribution in [0.2, 0.25) is 0 Å². The topological polar surface area (TPSA) is 84.5 Å². The quantitative estimate of drug-likeness (QED) is 0.596. The number of hydrogen-bond acceptors (Lipinski definition) is 5. The number of fused-ring (bicyclic) bond motifs is 1. The molecule has 2 aromatic rings. The molecule has 1 aromatic heterocycles. The summed E-state index contributed by atoms with van der Waals surface area (Å²) in [7, 11) is 0. The molecule has 6 nitrogen and oxygen atoms in total. The van der Waals surface area contributed by atoms with Gasteiger partial charge in [0.1, 0.15) is 4.88 Å². The number of hydrazine groups is 1. The highest BCUT2D eigenvalue weighted by atomic mass is 32.1. The highest BCUT2D eigenvalue weighted by Crippen LogP contribution is 2.33. The maximum Gasteiger partial charge on any atom is 0.349 e. The minimum Gasteiger partial charge on any atom is -0.448 e. The highest BCUT2D eigenvalue weighted by Gasteiger charge is 2.25. The molecule has 1 aliphatic rings. The maximum atomic E-state index is 12.4. The summed E-state index contributed by atoms with van der Waals surface area (Å²) in [5.74, 6) is -0.873. The Bertz CT molecular complexity index is 863. The van der Waals surface area contributed by atoms with Crippen LogP contribution < -0.4 is 10.9 Å². The Morgan fingerprint density at radius 1 is 1.21 bits per heavy atom. The molecule has 0 bridgehead atoms. The molecule has 1 aliphatic carbocycles. The van der Waals surface area contributed by atoms with Gasteiger partial charge in [-0.2, -0.15) is 0 Å². The average Bonchev–Trinajstić information content (AvgIpc) is 3.15. The van der Waals surface area contributed by atoms with E-state index in [0.29, 0.717) is 16.4 Å². The lowest BCUT2D eigenvalue weighted by atomic mass is 9.87. The van der Waals surface area contributed by atoms with Gasteiger partial charge in [-0.3, -0.25) is 20.4 Å². The van der Waals surface area contributed by atoms with Crippen molar-refractivity contribution in [3.8, 4) is 0 Å². The van der Waals surface area contributed by atoms with E-state index in [1.807, 2.05) is 6.07 Å². The molecule has 0 saturated heterocycles. The van der Waals surface area contributed by atoms with Crippen LogP contribution in [0.5, 0.6) is 0 Å². The summed E-state index contributed by atoms with van der Waals surface area (Å²) in [5.41, 5.74) is 6.25. The van der Waals surface area contributed by atoms with E-state index in [1.165, 1.54) is 28.7 Å². The third-order valence-electron chi connectivity index (χ3n) is 4.95. The number of aryl methyl sites for hydroxylation is 1. The van der Waals surface area contributed by atoms with Gasteiger partial charge in [0.2, 0.25) is 0 Å². The predicted octanol–water partition coefficient (Wildman–Crippen LogP) is 3.27. The average molecular weight is 401 g/mol. The first-order valence-electron chi connectivity index (χ1n) is 9.45. The van der Waals surface area contributed by atoms with Crippen molar-refractivity contribution in [1.29, 1.82) is 0 Å². The smallest absolute Gasteiger partial charge is 0.349 e. The van der Waals surface area contributed by atoms with Crippen LogP contribution in [0.1, 0.15) is 57.2 Å². The van der Waals surface area contributed by atoms with Crippen LogP contribution in [-0.2, 0) is 22.4 Å². The van der Waals surface area contributed by atoms with Gasteiger partial charge in [0.25, 0.3) is 11.8 Å². The largest absolute Gasteiger partial charge is 0.448 e. The third kappa shape index (κ3) is 4.78. The number of ether oxygens (including phenoxy) is 1. The minimum absolute atomic E-state index is 0.419. The van der Waals surface area contributed by atoms with E-state index in [9.17, 15) is 14.4 Å². The van der Waals surface area contributed by atoms with E-state index in [0.717, 1.165) is 25.7 Å². The Hall–Kier alpha value is -2.67. The van der Waals surface area contributed by atoms with Gasteiger partial charge in [0.15, 0.2) is 6.10 Å². The van der Waals surface area contributed by atoms with Crippen LogP contribution in [0.15, 0.2) is 36.4 Å². The fraction of sp³-hybridized carbons (Fsp3) is 0.381. The second kappa shape index (κ2) is 9.01. The van der Waals surface area contributed by atoms with Crippen LogP contribution in [-0.4, -0.2) is 23.9 Å². The molecule has 2 amide bonds. The zero-order chi connectivity index (χ0) is 20.1. The molecule has 1 heterocycles. The maximum absolute atomic E-state index is 12.4. The van der Waals surface area contributed by atoms with Crippen LogP contribution in [0.4, 0.5) is 0 Å². The summed E-state index contributed by atoms with van der Waals surface area (Å²) >= 11 is 1.45. The van der Waals surface area contributed by atoms with Gasteiger partial charge in [-0.1, -0.05) is 31.5 Å². The first kappa shape index (κ1) is 20.1. The number of nitrogens with one attached hydrogen (secondary N) is 2. The van der Waals surface area contributed by atoms with Gasteiger partial charge in [-0.05, 0) is 55.9 Å². The van der Waals surface area contributed by atoms with Crippen molar-refractivity contribution in [2.24, 2.45) is 5.92 Å². The number of esters is 1. The Morgan fingerprint density at radius 3 is 2.68 bits per heavy atom. The summed E-state index contributed by atoms with van der Waals surface area (Å²) in [4.78, 5) is 38.2. The Balaban J connectivity index is 1.52. The second-order valence-corrected chi connectivity index (χ2v) is 8.07. The van der Waals surface area contributed by atoms with Crippen LogP contribution in [0.3, 0.4) is 0 Å². The van der Waals surface area contributed by atoms with Gasteiger partial charge in [0.05, 0.1) is 0 Å². The molecule has 7 heteroatoms. The van der Waals surface area contributed by atoms with Crippen LogP contribution in [0.25, 0.3) is 0 Å². The molecule has 0 saturated carbocycles. The first-order chi connectivity index (χ1) is 13.5. The van der Waals surface area contributed by atoms with E-state index in [4.69, 9.17) is 4.74 Å². The van der Waals surface area contributed by atoms with E-state index in [-0.39, 0.29) is 0 Å². The molecular formula is C21H24N2O4S. The molecule has 2 atom stereocenters. The van der Waals surface area contributed by atoms with Gasteiger partial charge < -0.3 is 4.74 Å². The Kier molecular flexibility index (Phi) is 6.46. The van der Waals surface area contributed by atoms with Crippen LogP contribution >= 0.6 is 11.3 Å². The Labute approximate surface area is 168 Å². The van der Waals surface area contributed by atoms with Crippen molar-refractivity contribution < 1.29 is 19.1 Å². The van der Waals surface area contributed by atoms with Crippen molar-refractivity contribution >= 4 is 29.1 Å². The molecule has 0 radical (unpaired) electrons. The fourth-order valence-electron chi connectivity index (χ4n) is 3.20. The lowest BCUT2D eigenvalue weighted by Crippen LogP contribution is -2.46. The molecular weight excluding hydrogens is 376 g/mol. The normalized spacial score (nSPS) is 16.6. The molecule has 0 unspecified atom stereocenters. The SMILES string of the molecule is CC[C@@H]1CCc2sc(C(=O)O[C@H](C)C(=O)NNC(=O)c3ccccc3)cc2C1. The van der Waals surface area contributed by atoms with Gasteiger partial charge in [-0.15, -0.1) is 11.3 Å². The number of thiophene rings is 1. The number of carbonyl (C=O) groups excluding carboxylic acids is 3. The number of carbonyl (C=O) groups is 3. The summed E-state index contributed by atoms with van der Waals surface area (Å²) in [6.45, 7) is 3.66. The van der Waals surface area contributed by atoms with E-state index in [2.05, 4.69) is 17.8 Å². The van der Waals surface area contributed by atoms with Crippen molar-refractivity contribution in [1.82, 2.24) is 10.9 Å². The lowest BCUT2D eigenvalue weighted by Gasteiger charge is -2.19. The number of benzene rings is 1. The van der Waals surface area contributed by atoms with Crippen molar-refractivity contribution in [3.63, 3.8) is 0 Å². The van der Waals surface area contributed by atoms with Crippen molar-refractivity contribution in [2.75, 3.05) is 0 Å². The molecule has 2 N–H and O–H groups in total. The minimum atomic E-state index is -1.02. The van der Waals surface area contributed by atoms with E-state index < -0.39 is 23.9 Å². The molecule has 0 spiro atoms. The van der Waals surface area contributed by atoms with E-state index in [1.54, 1.807) is 30.3 Å². The second-order valence-electron chi connectivity index (χ2n) is 6.93. The first-order valence-corrected chi connectivity index (χ1v) is 10.3. The summed E-state index contributed by atoms with van der Waals surface area (Å²) < 4.78 is 5.28. The van der Waals surface area contributed by atoms with Gasteiger partial charge in [-0.25, -0.2) is 4.79 Å². The van der Waals surface area contributed by atoms with Crippen molar-refractivity contribution in [2.45, 2.75) is 45.6 Å². The zero-order valence-electron chi connectivity index (χ0n) is 16.0. The van der Waals surface area contributed by atoms with Gasteiger partial charge >= 0.3 is 5.97 Å². The molecule has 3 rings (SSSR count). The molecule has 148 valence electrons. The number of rotatable bonds is 5.